The quantitative estimate of drug-likeness (QED) is 0.601. The van der Waals surface area contributed by atoms with Crippen molar-refractivity contribution >= 4 is 56.5 Å². The standard InChI is InChI=1S/C18H13BrClNO3S/c19-13-3-1-12(2-4-13)11-16-17(22)21(18(23)25-16)9-10-24-15-7-5-14(20)6-8-15/h1-8,11H,9-10H2/b16-11-. The van der Waals surface area contributed by atoms with Crippen LogP contribution in [0, 0.1) is 0 Å². The topological polar surface area (TPSA) is 46.6 Å². The Morgan fingerprint density at radius 3 is 2.44 bits per heavy atom. The van der Waals surface area contributed by atoms with Gasteiger partial charge in [-0.3, -0.25) is 14.5 Å². The summed E-state index contributed by atoms with van der Waals surface area (Å²) in [6.07, 6.45) is 1.72. The van der Waals surface area contributed by atoms with E-state index in [2.05, 4.69) is 15.9 Å². The van der Waals surface area contributed by atoms with E-state index >= 15 is 0 Å². The van der Waals surface area contributed by atoms with Crippen LogP contribution in [0.15, 0.2) is 57.9 Å². The molecular formula is C18H13BrClNO3S. The van der Waals surface area contributed by atoms with Crippen molar-refractivity contribution in [3.8, 4) is 5.75 Å². The van der Waals surface area contributed by atoms with Gasteiger partial charge in [-0.25, -0.2) is 0 Å². The van der Waals surface area contributed by atoms with Crippen LogP contribution in [0.3, 0.4) is 0 Å². The summed E-state index contributed by atoms with van der Waals surface area (Å²) in [5, 5.41) is 0.337. The van der Waals surface area contributed by atoms with E-state index in [-0.39, 0.29) is 24.3 Å². The van der Waals surface area contributed by atoms with E-state index in [0.717, 1.165) is 21.8 Å². The first-order valence-corrected chi connectivity index (χ1v) is 9.41. The average Bonchev–Trinajstić information content (AvgIpc) is 2.86. The number of carbonyl (C=O) groups excluding carboxylic acids is 2. The van der Waals surface area contributed by atoms with Crippen molar-refractivity contribution < 1.29 is 14.3 Å². The summed E-state index contributed by atoms with van der Waals surface area (Å²) in [7, 11) is 0. The maximum absolute atomic E-state index is 12.4. The highest BCUT2D eigenvalue weighted by Gasteiger charge is 2.34. The Morgan fingerprint density at radius 2 is 1.76 bits per heavy atom. The lowest BCUT2D eigenvalue weighted by molar-refractivity contribution is -0.123. The van der Waals surface area contributed by atoms with Gasteiger partial charge in [0.05, 0.1) is 11.4 Å². The SMILES string of the molecule is O=C1S/C(=C\c2ccc(Br)cc2)C(=O)N1CCOc1ccc(Cl)cc1. The van der Waals surface area contributed by atoms with Crippen LogP contribution < -0.4 is 4.74 Å². The molecule has 7 heteroatoms. The van der Waals surface area contributed by atoms with Gasteiger partial charge in [0.1, 0.15) is 12.4 Å². The minimum absolute atomic E-state index is 0.199. The van der Waals surface area contributed by atoms with E-state index in [4.69, 9.17) is 16.3 Å². The van der Waals surface area contributed by atoms with Gasteiger partial charge in [0.15, 0.2) is 0 Å². The molecule has 2 amide bonds. The van der Waals surface area contributed by atoms with Crippen molar-refractivity contribution in [1.29, 1.82) is 0 Å². The van der Waals surface area contributed by atoms with E-state index in [1.54, 1.807) is 30.3 Å². The molecule has 1 saturated heterocycles. The molecule has 3 rings (SSSR count). The van der Waals surface area contributed by atoms with Crippen LogP contribution >= 0.6 is 39.3 Å². The van der Waals surface area contributed by atoms with E-state index in [1.165, 1.54) is 4.90 Å². The summed E-state index contributed by atoms with van der Waals surface area (Å²) in [6.45, 7) is 0.427. The van der Waals surface area contributed by atoms with Crippen LogP contribution in [-0.4, -0.2) is 29.2 Å². The number of benzene rings is 2. The molecule has 0 unspecified atom stereocenters. The lowest BCUT2D eigenvalue weighted by Crippen LogP contribution is -2.32. The fourth-order valence-electron chi connectivity index (χ4n) is 2.19. The number of ether oxygens (including phenoxy) is 1. The van der Waals surface area contributed by atoms with E-state index in [9.17, 15) is 9.59 Å². The Labute approximate surface area is 162 Å². The third-order valence-corrected chi connectivity index (χ3v) is 5.13. The van der Waals surface area contributed by atoms with Crippen LogP contribution in [-0.2, 0) is 4.79 Å². The fourth-order valence-corrected chi connectivity index (χ4v) is 3.44. The Hall–Kier alpha value is -1.76. The summed E-state index contributed by atoms with van der Waals surface area (Å²) in [5.74, 6) is 0.347. The minimum Gasteiger partial charge on any atom is -0.492 e. The monoisotopic (exact) mass is 437 g/mol. The number of halogens is 2. The van der Waals surface area contributed by atoms with Crippen LogP contribution in [0.5, 0.6) is 5.75 Å². The molecule has 2 aromatic carbocycles. The van der Waals surface area contributed by atoms with Gasteiger partial charge in [0.2, 0.25) is 0 Å². The van der Waals surface area contributed by atoms with E-state index in [0.29, 0.717) is 15.7 Å². The van der Waals surface area contributed by atoms with Gasteiger partial charge in [-0.2, -0.15) is 0 Å². The Bertz CT molecular complexity index is 821. The molecule has 2 aromatic rings. The van der Waals surface area contributed by atoms with Crippen molar-refractivity contribution in [3.63, 3.8) is 0 Å². The molecule has 0 spiro atoms. The first-order valence-electron chi connectivity index (χ1n) is 7.42. The number of nitrogens with zero attached hydrogens (tertiary/aromatic N) is 1. The predicted octanol–water partition coefficient (Wildman–Crippen LogP) is 5.22. The van der Waals surface area contributed by atoms with E-state index < -0.39 is 0 Å². The average molecular weight is 439 g/mol. The van der Waals surface area contributed by atoms with Gasteiger partial charge in [0, 0.05) is 9.50 Å². The molecule has 1 fully saturated rings. The third kappa shape index (κ3) is 4.66. The molecule has 0 aromatic heterocycles. The minimum atomic E-state index is -0.294. The molecule has 128 valence electrons. The first kappa shape index (κ1) is 18.0. The van der Waals surface area contributed by atoms with Gasteiger partial charge < -0.3 is 4.74 Å². The third-order valence-electron chi connectivity index (χ3n) is 3.44. The highest BCUT2D eigenvalue weighted by Crippen LogP contribution is 2.32. The molecule has 1 heterocycles. The molecule has 0 radical (unpaired) electrons. The second-order valence-corrected chi connectivity index (χ2v) is 7.53. The van der Waals surface area contributed by atoms with Gasteiger partial charge in [-0.15, -0.1) is 0 Å². The van der Waals surface area contributed by atoms with Crippen molar-refractivity contribution in [2.45, 2.75) is 0 Å². The Morgan fingerprint density at radius 1 is 1.08 bits per heavy atom. The van der Waals surface area contributed by atoms with E-state index in [1.807, 2.05) is 24.3 Å². The number of rotatable bonds is 5. The molecule has 0 saturated carbocycles. The molecule has 4 nitrogen and oxygen atoms in total. The summed E-state index contributed by atoms with van der Waals surface area (Å²) in [6, 6.07) is 14.4. The summed E-state index contributed by atoms with van der Waals surface area (Å²) in [5.41, 5.74) is 0.867. The largest absolute Gasteiger partial charge is 0.492 e. The maximum atomic E-state index is 12.4. The number of imide groups is 1. The molecule has 0 aliphatic carbocycles. The summed E-state index contributed by atoms with van der Waals surface area (Å²) >= 11 is 10.1. The Balaban J connectivity index is 1.61. The van der Waals surface area contributed by atoms with Gasteiger partial charge >= 0.3 is 0 Å². The Kier molecular flexibility index (Phi) is 5.83. The lowest BCUT2D eigenvalue weighted by atomic mass is 10.2. The number of amides is 2. The van der Waals surface area contributed by atoms with Gasteiger partial charge in [-0.05, 0) is 59.8 Å². The highest BCUT2D eigenvalue weighted by atomic mass is 79.9. The van der Waals surface area contributed by atoms with Crippen LogP contribution in [0.4, 0.5) is 4.79 Å². The normalized spacial score (nSPS) is 15.9. The molecule has 0 atom stereocenters. The van der Waals surface area contributed by atoms with Gasteiger partial charge in [0.25, 0.3) is 11.1 Å². The van der Waals surface area contributed by atoms with Crippen LogP contribution in [0.25, 0.3) is 6.08 Å². The fraction of sp³-hybridized carbons (Fsp3) is 0.111. The van der Waals surface area contributed by atoms with Crippen LogP contribution in [0.2, 0.25) is 5.02 Å². The van der Waals surface area contributed by atoms with Crippen molar-refractivity contribution in [3.05, 3.63) is 68.5 Å². The van der Waals surface area contributed by atoms with Crippen molar-refractivity contribution in [1.82, 2.24) is 4.90 Å². The zero-order valence-electron chi connectivity index (χ0n) is 12.9. The number of hydrogen-bond acceptors (Lipinski definition) is 4. The lowest BCUT2D eigenvalue weighted by Gasteiger charge is -2.13. The van der Waals surface area contributed by atoms with Gasteiger partial charge in [-0.1, -0.05) is 39.7 Å². The second kappa shape index (κ2) is 8.08. The number of carbonyl (C=O) groups is 2. The number of thioether (sulfide) groups is 1. The van der Waals surface area contributed by atoms with Crippen LogP contribution in [0.1, 0.15) is 5.56 Å². The molecule has 0 N–H and O–H groups in total. The van der Waals surface area contributed by atoms with Crippen molar-refractivity contribution in [2.24, 2.45) is 0 Å². The zero-order chi connectivity index (χ0) is 17.8. The maximum Gasteiger partial charge on any atom is 0.293 e. The highest BCUT2D eigenvalue weighted by molar-refractivity contribution is 9.10. The number of hydrogen-bond donors (Lipinski definition) is 0. The van der Waals surface area contributed by atoms with Crippen molar-refractivity contribution in [2.75, 3.05) is 13.2 Å². The molecular weight excluding hydrogens is 426 g/mol. The predicted molar refractivity (Wildman–Crippen MR) is 104 cm³/mol. The molecule has 25 heavy (non-hydrogen) atoms. The molecule has 0 bridgehead atoms. The summed E-state index contributed by atoms with van der Waals surface area (Å²) < 4.78 is 6.50. The zero-order valence-corrected chi connectivity index (χ0v) is 16.1. The summed E-state index contributed by atoms with van der Waals surface area (Å²) in [4.78, 5) is 26.1. The first-order chi connectivity index (χ1) is 12.0. The molecule has 1 aliphatic heterocycles. The molecule has 1 aliphatic rings. The smallest absolute Gasteiger partial charge is 0.293 e. The second-order valence-electron chi connectivity index (χ2n) is 5.19.